The van der Waals surface area contributed by atoms with Crippen LogP contribution in [0.4, 0.5) is 0 Å². The summed E-state index contributed by atoms with van der Waals surface area (Å²) in [4.78, 5) is 26.5. The molecule has 0 spiro atoms. The first kappa shape index (κ1) is 11.5. The zero-order chi connectivity index (χ0) is 14.2. The van der Waals surface area contributed by atoms with E-state index >= 15 is 0 Å². The molecule has 0 aliphatic heterocycles. The lowest BCUT2D eigenvalue weighted by atomic mass is 10.3. The second-order valence-electron chi connectivity index (χ2n) is 4.13. The molecule has 0 aromatic carbocycles. The summed E-state index contributed by atoms with van der Waals surface area (Å²) in [5, 5.41) is 11.6. The van der Waals surface area contributed by atoms with E-state index in [4.69, 9.17) is 4.84 Å². The number of hydrogen-bond acceptors (Lipinski definition) is 7. The van der Waals surface area contributed by atoms with Gasteiger partial charge in [-0.3, -0.25) is 0 Å². The minimum absolute atomic E-state index is 0.232. The SMILES string of the molecule is O=C(On1nnc2cccnc21)c1cnn2cccnc12. The van der Waals surface area contributed by atoms with Crippen molar-refractivity contribution >= 4 is 22.8 Å². The monoisotopic (exact) mass is 281 g/mol. The molecule has 4 rings (SSSR count). The minimum Gasteiger partial charge on any atom is -0.310 e. The molecular formula is C12H7N7O2. The van der Waals surface area contributed by atoms with Gasteiger partial charge < -0.3 is 4.84 Å². The van der Waals surface area contributed by atoms with E-state index in [9.17, 15) is 4.79 Å². The van der Waals surface area contributed by atoms with Crippen molar-refractivity contribution in [1.29, 1.82) is 0 Å². The molecule has 0 aliphatic rings. The van der Waals surface area contributed by atoms with Gasteiger partial charge in [-0.2, -0.15) is 5.10 Å². The Morgan fingerprint density at radius 1 is 1.14 bits per heavy atom. The summed E-state index contributed by atoms with van der Waals surface area (Å²) in [6, 6.07) is 5.15. The lowest BCUT2D eigenvalue weighted by Gasteiger charge is -2.00. The summed E-state index contributed by atoms with van der Waals surface area (Å²) in [5.41, 5.74) is 1.52. The van der Waals surface area contributed by atoms with Crippen LogP contribution in [0.15, 0.2) is 43.0 Å². The number of pyridine rings is 1. The summed E-state index contributed by atoms with van der Waals surface area (Å²) < 4.78 is 1.48. The Balaban J connectivity index is 1.72. The number of nitrogens with zero attached hydrogens (tertiary/aromatic N) is 7. The van der Waals surface area contributed by atoms with E-state index in [1.807, 2.05) is 0 Å². The summed E-state index contributed by atoms with van der Waals surface area (Å²) in [6.07, 6.45) is 6.20. The van der Waals surface area contributed by atoms with E-state index < -0.39 is 5.97 Å². The highest BCUT2D eigenvalue weighted by Crippen LogP contribution is 2.09. The van der Waals surface area contributed by atoms with E-state index in [-0.39, 0.29) is 5.56 Å². The van der Waals surface area contributed by atoms with Crippen LogP contribution < -0.4 is 4.84 Å². The lowest BCUT2D eigenvalue weighted by molar-refractivity contribution is 0.0407. The van der Waals surface area contributed by atoms with Gasteiger partial charge in [0.25, 0.3) is 0 Å². The van der Waals surface area contributed by atoms with Crippen molar-refractivity contribution in [3.8, 4) is 0 Å². The summed E-state index contributed by atoms with van der Waals surface area (Å²) in [6.45, 7) is 0. The fourth-order valence-electron chi connectivity index (χ4n) is 1.91. The molecule has 9 heteroatoms. The Kier molecular flexibility index (Phi) is 2.37. The van der Waals surface area contributed by atoms with E-state index in [1.165, 1.54) is 10.7 Å². The van der Waals surface area contributed by atoms with Crippen LogP contribution in [0.2, 0.25) is 0 Å². The second-order valence-corrected chi connectivity index (χ2v) is 4.13. The maximum absolute atomic E-state index is 12.2. The molecule has 4 heterocycles. The van der Waals surface area contributed by atoms with E-state index in [2.05, 4.69) is 25.4 Å². The number of rotatable bonds is 2. The summed E-state index contributed by atoms with van der Waals surface area (Å²) in [7, 11) is 0. The van der Waals surface area contributed by atoms with Gasteiger partial charge in [-0.15, -0.1) is 5.10 Å². The number of carbonyl (C=O) groups excluding carboxylic acids is 1. The molecule has 0 aliphatic carbocycles. The van der Waals surface area contributed by atoms with Crippen molar-refractivity contribution in [1.82, 2.24) is 34.7 Å². The van der Waals surface area contributed by atoms with Crippen LogP contribution in [-0.2, 0) is 0 Å². The van der Waals surface area contributed by atoms with Crippen LogP contribution in [0.5, 0.6) is 0 Å². The number of fused-ring (bicyclic) bond motifs is 2. The second kappa shape index (κ2) is 4.34. The van der Waals surface area contributed by atoms with Crippen molar-refractivity contribution in [2.45, 2.75) is 0 Å². The maximum atomic E-state index is 12.2. The number of aromatic nitrogens is 7. The van der Waals surface area contributed by atoms with Gasteiger partial charge in [0.1, 0.15) is 11.1 Å². The van der Waals surface area contributed by atoms with E-state index in [0.29, 0.717) is 16.8 Å². The van der Waals surface area contributed by atoms with Crippen molar-refractivity contribution in [3.05, 3.63) is 48.5 Å². The summed E-state index contributed by atoms with van der Waals surface area (Å²) >= 11 is 0. The van der Waals surface area contributed by atoms with Gasteiger partial charge in [0, 0.05) is 18.6 Å². The minimum atomic E-state index is -0.638. The first-order valence-corrected chi connectivity index (χ1v) is 6.00. The Bertz CT molecular complexity index is 958. The molecule has 0 saturated carbocycles. The van der Waals surface area contributed by atoms with Gasteiger partial charge in [-0.25, -0.2) is 19.3 Å². The molecule has 4 aromatic heterocycles. The van der Waals surface area contributed by atoms with Gasteiger partial charge in [0.05, 0.1) is 6.20 Å². The van der Waals surface area contributed by atoms with Gasteiger partial charge in [-0.05, 0) is 28.3 Å². The average molecular weight is 281 g/mol. The molecule has 0 N–H and O–H groups in total. The number of carbonyl (C=O) groups is 1. The average Bonchev–Trinajstić information content (AvgIpc) is 3.12. The normalized spacial score (nSPS) is 11.0. The molecule has 0 amide bonds. The Morgan fingerprint density at radius 2 is 2.00 bits per heavy atom. The Labute approximate surface area is 116 Å². The highest BCUT2D eigenvalue weighted by atomic mass is 16.7. The highest BCUT2D eigenvalue weighted by Gasteiger charge is 2.18. The zero-order valence-electron chi connectivity index (χ0n) is 10.5. The van der Waals surface area contributed by atoms with Crippen molar-refractivity contribution in [3.63, 3.8) is 0 Å². The molecule has 0 fully saturated rings. The standard InChI is InChI=1S/C12H7N7O2/c20-12(8-7-15-18-6-2-5-13-10(8)18)21-19-11-9(16-17-19)3-1-4-14-11/h1-7H. The first-order valence-electron chi connectivity index (χ1n) is 6.00. The zero-order valence-corrected chi connectivity index (χ0v) is 10.5. The fourth-order valence-corrected chi connectivity index (χ4v) is 1.91. The third-order valence-corrected chi connectivity index (χ3v) is 2.85. The lowest BCUT2D eigenvalue weighted by Crippen LogP contribution is -2.21. The number of hydrogen-bond donors (Lipinski definition) is 0. The van der Waals surface area contributed by atoms with Crippen molar-refractivity contribution < 1.29 is 9.63 Å². The molecule has 9 nitrogen and oxygen atoms in total. The van der Waals surface area contributed by atoms with Gasteiger partial charge in [0.15, 0.2) is 5.65 Å². The molecule has 0 atom stereocenters. The first-order chi connectivity index (χ1) is 10.3. The van der Waals surface area contributed by atoms with Crippen LogP contribution in [0.1, 0.15) is 10.4 Å². The Hall–Kier alpha value is -3.36. The predicted octanol–water partition coefficient (Wildman–Crippen LogP) is 0.138. The van der Waals surface area contributed by atoms with Crippen LogP contribution in [-0.4, -0.2) is 40.7 Å². The molecular weight excluding hydrogens is 274 g/mol. The van der Waals surface area contributed by atoms with E-state index in [1.54, 1.807) is 36.8 Å². The maximum Gasteiger partial charge on any atom is 0.371 e. The van der Waals surface area contributed by atoms with Gasteiger partial charge in [0.2, 0.25) is 5.65 Å². The Morgan fingerprint density at radius 3 is 2.95 bits per heavy atom. The summed E-state index contributed by atoms with van der Waals surface area (Å²) in [5.74, 6) is -0.638. The van der Waals surface area contributed by atoms with Gasteiger partial charge in [-0.1, -0.05) is 0 Å². The third kappa shape index (κ3) is 1.79. The van der Waals surface area contributed by atoms with Gasteiger partial charge >= 0.3 is 5.97 Å². The molecule has 0 unspecified atom stereocenters. The molecule has 4 aromatic rings. The topological polar surface area (TPSA) is 100 Å². The molecule has 21 heavy (non-hydrogen) atoms. The largest absolute Gasteiger partial charge is 0.371 e. The van der Waals surface area contributed by atoms with Crippen LogP contribution in [0.25, 0.3) is 16.8 Å². The predicted molar refractivity (Wildman–Crippen MR) is 69.2 cm³/mol. The third-order valence-electron chi connectivity index (χ3n) is 2.85. The quantitative estimate of drug-likeness (QED) is 0.482. The smallest absolute Gasteiger partial charge is 0.310 e. The van der Waals surface area contributed by atoms with Crippen LogP contribution in [0, 0.1) is 0 Å². The molecule has 102 valence electrons. The highest BCUT2D eigenvalue weighted by molar-refractivity contribution is 5.95. The van der Waals surface area contributed by atoms with Crippen LogP contribution >= 0.6 is 0 Å². The van der Waals surface area contributed by atoms with Crippen molar-refractivity contribution in [2.75, 3.05) is 0 Å². The van der Waals surface area contributed by atoms with Crippen LogP contribution in [0.3, 0.4) is 0 Å². The molecule has 0 saturated heterocycles. The molecule has 0 radical (unpaired) electrons. The molecule has 0 bridgehead atoms. The fraction of sp³-hybridized carbons (Fsp3) is 0. The van der Waals surface area contributed by atoms with E-state index in [0.717, 1.165) is 4.85 Å². The van der Waals surface area contributed by atoms with Crippen molar-refractivity contribution in [2.24, 2.45) is 0 Å².